The van der Waals surface area contributed by atoms with Crippen molar-refractivity contribution in [3.63, 3.8) is 0 Å². The number of hydrogen-bond acceptors (Lipinski definition) is 2. The Morgan fingerprint density at radius 3 is 2.74 bits per heavy atom. The number of hydrogen-bond donors (Lipinski definition) is 1. The quantitative estimate of drug-likeness (QED) is 0.894. The van der Waals surface area contributed by atoms with Crippen LogP contribution in [0.25, 0.3) is 0 Å². The van der Waals surface area contributed by atoms with E-state index in [0.717, 1.165) is 24.4 Å². The van der Waals surface area contributed by atoms with Gasteiger partial charge in [-0.2, -0.15) is 0 Å². The number of nitrogens with zero attached hydrogens (tertiary/aromatic N) is 1. The molecule has 2 aromatic rings. The number of aromatic nitrogens is 1. The molecule has 0 bridgehead atoms. The molecule has 4 heteroatoms. The second-order valence-corrected chi connectivity index (χ2v) is 4.30. The summed E-state index contributed by atoms with van der Waals surface area (Å²) >= 11 is 0. The Labute approximate surface area is 111 Å². The smallest absolute Gasteiger partial charge is 0.126 e. The summed E-state index contributed by atoms with van der Waals surface area (Å²) in [5.74, 6) is -0.812. The lowest BCUT2D eigenvalue weighted by Gasteiger charge is -2.17. The molecule has 1 heterocycles. The lowest BCUT2D eigenvalue weighted by atomic mass is 10.0. The largest absolute Gasteiger partial charge is 0.309 e. The van der Waals surface area contributed by atoms with Gasteiger partial charge < -0.3 is 5.32 Å². The SMILES string of the molecule is CCNC(Cc1cc(F)ccc1F)c1ccccn1. The summed E-state index contributed by atoms with van der Waals surface area (Å²) in [6.07, 6.45) is 2.07. The first kappa shape index (κ1) is 13.6. The fraction of sp³-hybridized carbons (Fsp3) is 0.267. The number of halogens is 2. The lowest BCUT2D eigenvalue weighted by Crippen LogP contribution is -2.24. The Hall–Kier alpha value is -1.81. The third kappa shape index (κ3) is 3.58. The monoisotopic (exact) mass is 262 g/mol. The van der Waals surface area contributed by atoms with Gasteiger partial charge >= 0.3 is 0 Å². The second-order valence-electron chi connectivity index (χ2n) is 4.30. The number of benzene rings is 1. The van der Waals surface area contributed by atoms with Gasteiger partial charge in [-0.05, 0) is 48.9 Å². The summed E-state index contributed by atoms with van der Waals surface area (Å²) in [7, 11) is 0. The molecular formula is C15H16F2N2. The van der Waals surface area contributed by atoms with E-state index in [1.165, 1.54) is 6.07 Å². The molecule has 0 amide bonds. The molecule has 0 aliphatic rings. The third-order valence-electron chi connectivity index (χ3n) is 2.93. The van der Waals surface area contributed by atoms with Crippen LogP contribution in [-0.4, -0.2) is 11.5 Å². The molecule has 1 aromatic heterocycles. The first-order valence-electron chi connectivity index (χ1n) is 6.29. The van der Waals surface area contributed by atoms with Crippen LogP contribution in [0.5, 0.6) is 0 Å². The molecule has 0 saturated carbocycles. The van der Waals surface area contributed by atoms with E-state index in [1.807, 2.05) is 25.1 Å². The molecule has 19 heavy (non-hydrogen) atoms. The van der Waals surface area contributed by atoms with Crippen molar-refractivity contribution in [1.82, 2.24) is 10.3 Å². The van der Waals surface area contributed by atoms with Crippen LogP contribution in [0.2, 0.25) is 0 Å². The zero-order valence-corrected chi connectivity index (χ0v) is 10.7. The molecular weight excluding hydrogens is 246 g/mol. The summed E-state index contributed by atoms with van der Waals surface area (Å²) in [5, 5.41) is 3.24. The lowest BCUT2D eigenvalue weighted by molar-refractivity contribution is 0.513. The summed E-state index contributed by atoms with van der Waals surface area (Å²) in [6.45, 7) is 2.70. The topological polar surface area (TPSA) is 24.9 Å². The molecule has 0 saturated heterocycles. The van der Waals surface area contributed by atoms with E-state index in [2.05, 4.69) is 10.3 Å². The van der Waals surface area contributed by atoms with Crippen LogP contribution in [-0.2, 0) is 6.42 Å². The van der Waals surface area contributed by atoms with Gasteiger partial charge in [0.1, 0.15) is 11.6 Å². The van der Waals surface area contributed by atoms with E-state index in [0.29, 0.717) is 12.0 Å². The molecule has 2 rings (SSSR count). The highest BCUT2D eigenvalue weighted by molar-refractivity contribution is 5.22. The first-order chi connectivity index (χ1) is 9.20. The Bertz CT molecular complexity index is 529. The molecule has 0 fully saturated rings. The van der Waals surface area contributed by atoms with Crippen molar-refractivity contribution < 1.29 is 8.78 Å². The van der Waals surface area contributed by atoms with Crippen LogP contribution in [0.1, 0.15) is 24.2 Å². The van der Waals surface area contributed by atoms with Gasteiger partial charge in [0.2, 0.25) is 0 Å². The molecule has 1 aromatic carbocycles. The summed E-state index contributed by atoms with van der Waals surface area (Å²) in [5.41, 5.74) is 1.18. The van der Waals surface area contributed by atoms with E-state index in [4.69, 9.17) is 0 Å². The zero-order chi connectivity index (χ0) is 13.7. The maximum Gasteiger partial charge on any atom is 0.126 e. The van der Waals surface area contributed by atoms with Crippen molar-refractivity contribution in [2.24, 2.45) is 0 Å². The number of nitrogens with one attached hydrogen (secondary N) is 1. The average Bonchev–Trinajstić information content (AvgIpc) is 2.43. The molecule has 0 spiro atoms. The van der Waals surface area contributed by atoms with Crippen LogP contribution < -0.4 is 5.32 Å². The molecule has 2 nitrogen and oxygen atoms in total. The molecule has 0 aliphatic heterocycles. The van der Waals surface area contributed by atoms with Gasteiger partial charge in [-0.25, -0.2) is 8.78 Å². The van der Waals surface area contributed by atoms with Crippen LogP contribution >= 0.6 is 0 Å². The number of likely N-dealkylation sites (N-methyl/N-ethyl adjacent to an activating group) is 1. The zero-order valence-electron chi connectivity index (χ0n) is 10.7. The predicted octanol–water partition coefficient (Wildman–Crippen LogP) is 3.25. The Morgan fingerprint density at radius 2 is 2.05 bits per heavy atom. The summed E-state index contributed by atoms with van der Waals surface area (Å²) in [6, 6.07) is 8.99. The van der Waals surface area contributed by atoms with Gasteiger partial charge in [0.15, 0.2) is 0 Å². The molecule has 0 radical (unpaired) electrons. The fourth-order valence-corrected chi connectivity index (χ4v) is 2.03. The maximum absolute atomic E-state index is 13.7. The van der Waals surface area contributed by atoms with E-state index < -0.39 is 5.82 Å². The van der Waals surface area contributed by atoms with Gasteiger partial charge in [0.25, 0.3) is 0 Å². The van der Waals surface area contributed by atoms with Gasteiger partial charge in [-0.3, -0.25) is 4.98 Å². The van der Waals surface area contributed by atoms with Crippen LogP contribution in [0.4, 0.5) is 8.78 Å². The van der Waals surface area contributed by atoms with Crippen molar-refractivity contribution in [1.29, 1.82) is 0 Å². The first-order valence-corrected chi connectivity index (χ1v) is 6.29. The average molecular weight is 262 g/mol. The molecule has 1 N–H and O–H groups in total. The highest BCUT2D eigenvalue weighted by Gasteiger charge is 2.15. The number of pyridine rings is 1. The van der Waals surface area contributed by atoms with Crippen molar-refractivity contribution >= 4 is 0 Å². The highest BCUT2D eigenvalue weighted by atomic mass is 19.1. The highest BCUT2D eigenvalue weighted by Crippen LogP contribution is 2.19. The fourth-order valence-electron chi connectivity index (χ4n) is 2.03. The van der Waals surface area contributed by atoms with E-state index >= 15 is 0 Å². The summed E-state index contributed by atoms with van der Waals surface area (Å²) < 4.78 is 26.9. The van der Waals surface area contributed by atoms with Crippen molar-refractivity contribution in [2.45, 2.75) is 19.4 Å². The van der Waals surface area contributed by atoms with Crippen molar-refractivity contribution in [3.05, 3.63) is 65.5 Å². The minimum atomic E-state index is -0.423. The third-order valence-corrected chi connectivity index (χ3v) is 2.93. The maximum atomic E-state index is 13.7. The Morgan fingerprint density at radius 1 is 1.21 bits per heavy atom. The van der Waals surface area contributed by atoms with Gasteiger partial charge in [-0.1, -0.05) is 13.0 Å². The second kappa shape index (κ2) is 6.38. The molecule has 1 atom stereocenters. The molecule has 0 aliphatic carbocycles. The van der Waals surface area contributed by atoms with Gasteiger partial charge in [0.05, 0.1) is 11.7 Å². The van der Waals surface area contributed by atoms with Crippen LogP contribution in [0.15, 0.2) is 42.6 Å². The van der Waals surface area contributed by atoms with E-state index in [1.54, 1.807) is 6.20 Å². The van der Waals surface area contributed by atoms with Crippen molar-refractivity contribution in [3.8, 4) is 0 Å². The Balaban J connectivity index is 2.24. The predicted molar refractivity (Wildman–Crippen MR) is 70.7 cm³/mol. The minimum absolute atomic E-state index is 0.123. The van der Waals surface area contributed by atoms with Crippen LogP contribution in [0.3, 0.4) is 0 Å². The standard InChI is InChI=1S/C15H16F2N2/c1-2-18-15(14-5-3-4-8-19-14)10-11-9-12(16)6-7-13(11)17/h3-9,15,18H,2,10H2,1H3. The summed E-state index contributed by atoms with van der Waals surface area (Å²) in [4.78, 5) is 4.27. The van der Waals surface area contributed by atoms with E-state index in [-0.39, 0.29) is 11.9 Å². The normalized spacial score (nSPS) is 12.4. The van der Waals surface area contributed by atoms with Crippen LogP contribution in [0, 0.1) is 11.6 Å². The molecule has 1 unspecified atom stereocenters. The van der Waals surface area contributed by atoms with Gasteiger partial charge in [0, 0.05) is 6.20 Å². The Kier molecular flexibility index (Phi) is 4.58. The van der Waals surface area contributed by atoms with E-state index in [9.17, 15) is 8.78 Å². The molecule has 100 valence electrons. The van der Waals surface area contributed by atoms with Crippen molar-refractivity contribution in [2.75, 3.05) is 6.54 Å². The minimum Gasteiger partial charge on any atom is -0.309 e. The number of rotatable bonds is 5. The van der Waals surface area contributed by atoms with Gasteiger partial charge in [-0.15, -0.1) is 0 Å².